The van der Waals surface area contributed by atoms with E-state index in [0.29, 0.717) is 13.0 Å². The van der Waals surface area contributed by atoms with Gasteiger partial charge in [0.05, 0.1) is 0 Å². The molecule has 0 heterocycles. The lowest BCUT2D eigenvalue weighted by molar-refractivity contribution is -0.121. The van der Waals surface area contributed by atoms with Crippen molar-refractivity contribution in [3.63, 3.8) is 0 Å². The number of nitrogens with zero attached hydrogens (tertiary/aromatic N) is 1. The van der Waals surface area contributed by atoms with E-state index in [1.165, 1.54) is 11.1 Å². The zero-order valence-electron chi connectivity index (χ0n) is 13.6. The molecular formula is C17H29N3O. The van der Waals surface area contributed by atoms with Crippen molar-refractivity contribution < 1.29 is 4.79 Å². The van der Waals surface area contributed by atoms with Crippen LogP contribution in [0.3, 0.4) is 0 Å². The van der Waals surface area contributed by atoms with Gasteiger partial charge in [-0.2, -0.15) is 0 Å². The molecule has 0 bridgehead atoms. The fourth-order valence-corrected chi connectivity index (χ4v) is 2.22. The van der Waals surface area contributed by atoms with Crippen LogP contribution < -0.4 is 11.1 Å². The Balaban J connectivity index is 2.60. The molecule has 0 spiro atoms. The number of nitrogens with two attached hydrogens (primary N) is 1. The maximum atomic E-state index is 11.8. The van der Waals surface area contributed by atoms with Crippen molar-refractivity contribution in [3.05, 3.63) is 35.4 Å². The molecule has 0 saturated carbocycles. The highest BCUT2D eigenvalue weighted by atomic mass is 16.1. The van der Waals surface area contributed by atoms with Crippen molar-refractivity contribution in [2.24, 2.45) is 5.73 Å². The number of nitrogens with one attached hydrogen (secondary N) is 1. The molecule has 21 heavy (non-hydrogen) atoms. The standard InChI is InChI=1S/C17H29N3O/c1-4-16(18)11-17(21)19-12-14-9-7-8-10-15(14)13-20(5-2)6-3/h7-10,16H,4-6,11-13,18H2,1-3H3,(H,19,21). The average molecular weight is 291 g/mol. The van der Waals surface area contributed by atoms with Gasteiger partial charge in [0.15, 0.2) is 0 Å². The Morgan fingerprint density at radius 2 is 1.81 bits per heavy atom. The molecule has 1 amide bonds. The highest BCUT2D eigenvalue weighted by Gasteiger charge is 2.09. The van der Waals surface area contributed by atoms with Crippen LogP contribution in [0.1, 0.15) is 44.7 Å². The molecule has 3 N–H and O–H groups in total. The monoisotopic (exact) mass is 291 g/mol. The van der Waals surface area contributed by atoms with Crippen molar-refractivity contribution in [2.45, 2.75) is 52.7 Å². The van der Waals surface area contributed by atoms with Gasteiger partial charge in [0, 0.05) is 25.6 Å². The van der Waals surface area contributed by atoms with Gasteiger partial charge in [-0.05, 0) is 30.6 Å². The minimum absolute atomic E-state index is 0.0296. The van der Waals surface area contributed by atoms with Crippen LogP contribution in [0.2, 0.25) is 0 Å². The molecule has 1 atom stereocenters. The SMILES string of the molecule is CCC(N)CC(=O)NCc1ccccc1CN(CC)CC. The van der Waals surface area contributed by atoms with Gasteiger partial charge in [-0.1, -0.05) is 45.0 Å². The third-order valence-corrected chi connectivity index (χ3v) is 3.85. The molecule has 0 aliphatic heterocycles. The number of rotatable bonds is 9. The quantitative estimate of drug-likeness (QED) is 0.734. The highest BCUT2D eigenvalue weighted by Crippen LogP contribution is 2.11. The normalized spacial score (nSPS) is 12.4. The first-order valence-electron chi connectivity index (χ1n) is 7.92. The number of amides is 1. The Labute approximate surface area is 128 Å². The van der Waals surface area contributed by atoms with E-state index < -0.39 is 0 Å². The summed E-state index contributed by atoms with van der Waals surface area (Å²) in [5, 5.41) is 2.98. The first kappa shape index (κ1) is 17.7. The van der Waals surface area contributed by atoms with E-state index in [1.807, 2.05) is 13.0 Å². The number of hydrogen-bond acceptors (Lipinski definition) is 3. The van der Waals surface area contributed by atoms with Crippen LogP contribution in [-0.4, -0.2) is 29.9 Å². The van der Waals surface area contributed by atoms with Crippen LogP contribution in [0.5, 0.6) is 0 Å². The van der Waals surface area contributed by atoms with Crippen molar-refractivity contribution >= 4 is 5.91 Å². The molecule has 1 aromatic rings. The predicted octanol–water partition coefficient (Wildman–Crippen LogP) is 2.27. The van der Waals surface area contributed by atoms with E-state index in [1.54, 1.807) is 0 Å². The number of benzene rings is 1. The summed E-state index contributed by atoms with van der Waals surface area (Å²) in [5.41, 5.74) is 8.27. The molecule has 118 valence electrons. The van der Waals surface area contributed by atoms with Crippen LogP contribution in [0, 0.1) is 0 Å². The zero-order chi connectivity index (χ0) is 15.7. The summed E-state index contributed by atoms with van der Waals surface area (Å²) in [6.45, 7) is 9.89. The molecule has 0 aromatic heterocycles. The van der Waals surface area contributed by atoms with Crippen molar-refractivity contribution in [2.75, 3.05) is 13.1 Å². The summed E-state index contributed by atoms with van der Waals surface area (Å²) < 4.78 is 0. The van der Waals surface area contributed by atoms with Crippen molar-refractivity contribution in [3.8, 4) is 0 Å². The molecule has 1 aromatic carbocycles. The van der Waals surface area contributed by atoms with Gasteiger partial charge < -0.3 is 11.1 Å². The van der Waals surface area contributed by atoms with Crippen LogP contribution >= 0.6 is 0 Å². The zero-order valence-corrected chi connectivity index (χ0v) is 13.6. The topological polar surface area (TPSA) is 58.4 Å². The maximum absolute atomic E-state index is 11.8. The largest absolute Gasteiger partial charge is 0.352 e. The van der Waals surface area contributed by atoms with E-state index >= 15 is 0 Å². The molecular weight excluding hydrogens is 262 g/mol. The Bertz CT molecular complexity index is 430. The second-order valence-electron chi connectivity index (χ2n) is 5.38. The predicted molar refractivity (Wildman–Crippen MR) is 87.8 cm³/mol. The van der Waals surface area contributed by atoms with Gasteiger partial charge >= 0.3 is 0 Å². The molecule has 1 unspecified atom stereocenters. The van der Waals surface area contributed by atoms with Gasteiger partial charge in [0.2, 0.25) is 5.91 Å². The highest BCUT2D eigenvalue weighted by molar-refractivity contribution is 5.76. The van der Waals surface area contributed by atoms with E-state index in [0.717, 1.165) is 26.1 Å². The van der Waals surface area contributed by atoms with Crippen LogP contribution in [0.15, 0.2) is 24.3 Å². The smallest absolute Gasteiger partial charge is 0.221 e. The van der Waals surface area contributed by atoms with Crippen LogP contribution in [-0.2, 0) is 17.9 Å². The molecule has 0 saturated heterocycles. The molecule has 0 aliphatic rings. The van der Waals surface area contributed by atoms with E-state index in [2.05, 4.69) is 42.3 Å². The van der Waals surface area contributed by atoms with Crippen molar-refractivity contribution in [1.82, 2.24) is 10.2 Å². The first-order chi connectivity index (χ1) is 10.1. The van der Waals surface area contributed by atoms with Gasteiger partial charge in [0.1, 0.15) is 0 Å². The minimum atomic E-state index is -0.0454. The molecule has 0 aliphatic carbocycles. The van der Waals surface area contributed by atoms with E-state index in [-0.39, 0.29) is 11.9 Å². The molecule has 4 nitrogen and oxygen atoms in total. The third-order valence-electron chi connectivity index (χ3n) is 3.85. The summed E-state index contributed by atoms with van der Waals surface area (Å²) in [7, 11) is 0. The van der Waals surface area contributed by atoms with E-state index in [4.69, 9.17) is 5.73 Å². The summed E-state index contributed by atoms with van der Waals surface area (Å²) >= 11 is 0. The number of carbonyl (C=O) groups is 1. The number of hydrogen-bond donors (Lipinski definition) is 2. The minimum Gasteiger partial charge on any atom is -0.352 e. The maximum Gasteiger partial charge on any atom is 0.221 e. The van der Waals surface area contributed by atoms with Gasteiger partial charge in [0.25, 0.3) is 0 Å². The Morgan fingerprint density at radius 3 is 2.38 bits per heavy atom. The fourth-order valence-electron chi connectivity index (χ4n) is 2.22. The second-order valence-corrected chi connectivity index (χ2v) is 5.38. The molecule has 4 heteroatoms. The third kappa shape index (κ3) is 6.27. The lowest BCUT2D eigenvalue weighted by Gasteiger charge is -2.20. The first-order valence-corrected chi connectivity index (χ1v) is 7.92. The lowest BCUT2D eigenvalue weighted by Crippen LogP contribution is -2.31. The second kappa shape index (κ2) is 9.53. The van der Waals surface area contributed by atoms with E-state index in [9.17, 15) is 4.79 Å². The van der Waals surface area contributed by atoms with Gasteiger partial charge in [-0.15, -0.1) is 0 Å². The van der Waals surface area contributed by atoms with Crippen LogP contribution in [0.4, 0.5) is 0 Å². The average Bonchev–Trinajstić information content (AvgIpc) is 2.51. The Morgan fingerprint density at radius 1 is 1.19 bits per heavy atom. The van der Waals surface area contributed by atoms with Crippen molar-refractivity contribution in [1.29, 1.82) is 0 Å². The summed E-state index contributed by atoms with van der Waals surface area (Å²) in [6.07, 6.45) is 1.22. The van der Waals surface area contributed by atoms with Crippen LogP contribution in [0.25, 0.3) is 0 Å². The summed E-state index contributed by atoms with van der Waals surface area (Å²) in [5.74, 6) is 0.0296. The molecule has 0 fully saturated rings. The number of carbonyl (C=O) groups excluding carboxylic acids is 1. The Kier molecular flexibility index (Phi) is 8.01. The van der Waals surface area contributed by atoms with Gasteiger partial charge in [-0.3, -0.25) is 9.69 Å². The van der Waals surface area contributed by atoms with Gasteiger partial charge in [-0.25, -0.2) is 0 Å². The summed E-state index contributed by atoms with van der Waals surface area (Å²) in [4.78, 5) is 14.2. The lowest BCUT2D eigenvalue weighted by atomic mass is 10.1. The summed E-state index contributed by atoms with van der Waals surface area (Å²) in [6, 6.07) is 8.24. The fraction of sp³-hybridized carbons (Fsp3) is 0.588. The molecule has 0 radical (unpaired) electrons. The Hall–Kier alpha value is -1.39. The molecule has 1 rings (SSSR count).